The summed E-state index contributed by atoms with van der Waals surface area (Å²) in [6.07, 6.45) is 1.03. The van der Waals surface area contributed by atoms with E-state index in [0.29, 0.717) is 28.8 Å². The Labute approximate surface area is 147 Å². The van der Waals surface area contributed by atoms with E-state index in [1.165, 1.54) is 19.2 Å². The largest absolute Gasteiger partial charge is 0.468 e. The highest BCUT2D eigenvalue weighted by Crippen LogP contribution is 2.36. The zero-order chi connectivity index (χ0) is 16.5. The molecule has 1 saturated heterocycles. The van der Waals surface area contributed by atoms with Crippen LogP contribution in [-0.4, -0.2) is 38.4 Å². The topological polar surface area (TPSA) is 63.7 Å². The van der Waals surface area contributed by atoms with E-state index in [1.54, 1.807) is 0 Å². The fraction of sp³-hybridized carbons (Fsp3) is 0.462. The van der Waals surface area contributed by atoms with E-state index in [0.717, 1.165) is 4.31 Å². The highest BCUT2D eigenvalue weighted by Gasteiger charge is 2.41. The molecular formula is C13H14BrCl2NO4S. The zero-order valence-corrected chi connectivity index (χ0v) is 15.6. The average Bonchev–Trinajstić information content (AvgIpc) is 2.96. The number of ether oxygens (including phenoxy) is 1. The van der Waals surface area contributed by atoms with Crippen LogP contribution in [-0.2, 0) is 24.9 Å². The normalized spacial score (nSPS) is 19.4. The maximum absolute atomic E-state index is 12.8. The summed E-state index contributed by atoms with van der Waals surface area (Å²) in [5.41, 5.74) is 0.498. The van der Waals surface area contributed by atoms with Crippen LogP contribution >= 0.6 is 39.1 Å². The third-order valence-electron chi connectivity index (χ3n) is 3.55. The molecule has 1 aliphatic rings. The monoisotopic (exact) mass is 429 g/mol. The third-order valence-corrected chi connectivity index (χ3v) is 6.96. The fourth-order valence-corrected chi connectivity index (χ4v) is 5.86. The minimum Gasteiger partial charge on any atom is -0.468 e. The van der Waals surface area contributed by atoms with Gasteiger partial charge in [0.1, 0.15) is 10.9 Å². The summed E-state index contributed by atoms with van der Waals surface area (Å²) in [5.74, 6) is -0.563. The number of methoxy groups -OCH3 is 1. The molecule has 1 fully saturated rings. The van der Waals surface area contributed by atoms with Crippen molar-refractivity contribution in [2.75, 3.05) is 13.7 Å². The van der Waals surface area contributed by atoms with Crippen molar-refractivity contribution in [2.24, 2.45) is 0 Å². The van der Waals surface area contributed by atoms with Crippen LogP contribution in [0.25, 0.3) is 0 Å². The van der Waals surface area contributed by atoms with Gasteiger partial charge in [-0.25, -0.2) is 8.42 Å². The van der Waals surface area contributed by atoms with Crippen molar-refractivity contribution < 1.29 is 17.9 Å². The van der Waals surface area contributed by atoms with Gasteiger partial charge in [0, 0.05) is 22.5 Å². The fourth-order valence-electron chi connectivity index (χ4n) is 2.42. The van der Waals surface area contributed by atoms with Crippen LogP contribution in [0.2, 0.25) is 10.0 Å². The second-order valence-corrected chi connectivity index (χ2v) is 7.97. The zero-order valence-electron chi connectivity index (χ0n) is 11.7. The van der Waals surface area contributed by atoms with Gasteiger partial charge in [-0.15, -0.1) is 0 Å². The van der Waals surface area contributed by atoms with Gasteiger partial charge in [0.15, 0.2) is 0 Å². The maximum atomic E-state index is 12.8. The first-order valence-electron chi connectivity index (χ1n) is 6.47. The second kappa shape index (κ2) is 7.05. The van der Waals surface area contributed by atoms with Crippen LogP contribution in [0.15, 0.2) is 17.0 Å². The Bertz CT molecular complexity index is 696. The van der Waals surface area contributed by atoms with E-state index in [4.69, 9.17) is 23.2 Å². The van der Waals surface area contributed by atoms with Crippen LogP contribution in [0.4, 0.5) is 0 Å². The SMILES string of the molecule is COC(=O)[C@H]1CCCN1S(=O)(=O)c1ccc(Cl)c(CBr)c1Cl. The lowest BCUT2D eigenvalue weighted by Crippen LogP contribution is -2.41. The first-order chi connectivity index (χ1) is 10.3. The Kier molecular flexibility index (Phi) is 5.77. The van der Waals surface area contributed by atoms with Gasteiger partial charge in [-0.05, 0) is 25.0 Å². The van der Waals surface area contributed by atoms with Crippen molar-refractivity contribution in [3.63, 3.8) is 0 Å². The summed E-state index contributed by atoms with van der Waals surface area (Å²) in [7, 11) is -2.66. The molecule has 0 N–H and O–H groups in total. The number of rotatable bonds is 4. The number of sulfonamides is 1. The molecule has 2 rings (SSSR count). The quantitative estimate of drug-likeness (QED) is 0.543. The van der Waals surface area contributed by atoms with Crippen molar-refractivity contribution >= 4 is 55.1 Å². The van der Waals surface area contributed by atoms with Gasteiger partial charge in [0.05, 0.1) is 12.1 Å². The number of nitrogens with zero attached hydrogens (tertiary/aromatic N) is 1. The lowest BCUT2D eigenvalue weighted by molar-refractivity contribution is -0.144. The molecule has 0 radical (unpaired) electrons. The van der Waals surface area contributed by atoms with E-state index < -0.39 is 22.0 Å². The van der Waals surface area contributed by atoms with Gasteiger partial charge < -0.3 is 4.74 Å². The Morgan fingerprint density at radius 3 is 2.73 bits per heavy atom. The van der Waals surface area contributed by atoms with Gasteiger partial charge in [-0.2, -0.15) is 4.31 Å². The molecule has 0 saturated carbocycles. The van der Waals surface area contributed by atoms with Gasteiger partial charge in [-0.1, -0.05) is 39.1 Å². The lowest BCUT2D eigenvalue weighted by atomic mass is 10.2. The third kappa shape index (κ3) is 3.14. The number of hydrogen-bond donors (Lipinski definition) is 0. The predicted molar refractivity (Wildman–Crippen MR) is 88.0 cm³/mol. The molecule has 0 spiro atoms. The van der Waals surface area contributed by atoms with E-state index in [2.05, 4.69) is 20.7 Å². The van der Waals surface area contributed by atoms with Gasteiger partial charge >= 0.3 is 5.97 Å². The smallest absolute Gasteiger partial charge is 0.324 e. The molecule has 0 unspecified atom stereocenters. The standard InChI is InChI=1S/C13H14BrCl2NO4S/c1-21-13(18)10-3-2-6-17(10)22(19,20)11-5-4-9(15)8(7-14)12(11)16/h4-5,10H,2-3,6-7H2,1H3/t10-/m1/s1. The summed E-state index contributed by atoms with van der Waals surface area (Å²) >= 11 is 15.5. The minimum atomic E-state index is -3.90. The Hall–Kier alpha value is -0.340. The summed E-state index contributed by atoms with van der Waals surface area (Å²) in [6, 6.07) is 2.04. The van der Waals surface area contributed by atoms with Gasteiger partial charge in [0.2, 0.25) is 10.0 Å². The summed E-state index contributed by atoms with van der Waals surface area (Å²) in [5, 5.41) is 0.778. The number of esters is 1. The number of halogens is 3. The van der Waals surface area contributed by atoms with Crippen LogP contribution in [0.3, 0.4) is 0 Å². The molecule has 0 amide bonds. The number of hydrogen-bond acceptors (Lipinski definition) is 4. The minimum absolute atomic E-state index is 0.0520. The second-order valence-electron chi connectivity index (χ2n) is 4.77. The molecular weight excluding hydrogens is 417 g/mol. The summed E-state index contributed by atoms with van der Waals surface area (Å²) in [6.45, 7) is 0.255. The number of alkyl halides is 1. The predicted octanol–water partition coefficient (Wildman–Crippen LogP) is 3.21. The molecule has 122 valence electrons. The molecule has 1 heterocycles. The Balaban J connectivity index is 2.49. The Morgan fingerprint density at radius 2 is 2.14 bits per heavy atom. The van der Waals surface area contributed by atoms with Crippen molar-refractivity contribution in [2.45, 2.75) is 29.1 Å². The molecule has 0 aliphatic carbocycles. The number of carbonyl (C=O) groups is 1. The molecule has 9 heteroatoms. The van der Waals surface area contributed by atoms with Crippen LogP contribution < -0.4 is 0 Å². The van der Waals surface area contributed by atoms with Crippen LogP contribution in [0, 0.1) is 0 Å². The van der Waals surface area contributed by atoms with Crippen LogP contribution in [0.5, 0.6) is 0 Å². The average molecular weight is 431 g/mol. The molecule has 1 aliphatic heterocycles. The highest BCUT2D eigenvalue weighted by molar-refractivity contribution is 9.08. The van der Waals surface area contributed by atoms with E-state index in [9.17, 15) is 13.2 Å². The summed E-state index contributed by atoms with van der Waals surface area (Å²) in [4.78, 5) is 11.7. The van der Waals surface area contributed by atoms with Gasteiger partial charge in [0.25, 0.3) is 0 Å². The lowest BCUT2D eigenvalue weighted by Gasteiger charge is -2.23. The molecule has 1 aromatic carbocycles. The van der Waals surface area contributed by atoms with E-state index in [-0.39, 0.29) is 16.5 Å². The van der Waals surface area contributed by atoms with E-state index in [1.807, 2.05) is 0 Å². The first-order valence-corrected chi connectivity index (χ1v) is 9.78. The van der Waals surface area contributed by atoms with Gasteiger partial charge in [-0.3, -0.25) is 4.79 Å². The highest BCUT2D eigenvalue weighted by atomic mass is 79.9. The van der Waals surface area contributed by atoms with Crippen molar-refractivity contribution in [3.05, 3.63) is 27.7 Å². The van der Waals surface area contributed by atoms with Crippen molar-refractivity contribution in [3.8, 4) is 0 Å². The molecule has 22 heavy (non-hydrogen) atoms. The Morgan fingerprint density at radius 1 is 1.45 bits per heavy atom. The summed E-state index contributed by atoms with van der Waals surface area (Å²) < 4.78 is 31.5. The molecule has 1 atom stereocenters. The molecule has 0 bridgehead atoms. The number of benzene rings is 1. The van der Waals surface area contributed by atoms with Crippen molar-refractivity contribution in [1.82, 2.24) is 4.31 Å². The maximum Gasteiger partial charge on any atom is 0.324 e. The van der Waals surface area contributed by atoms with E-state index >= 15 is 0 Å². The first kappa shape index (κ1) is 18.0. The van der Waals surface area contributed by atoms with Crippen LogP contribution in [0.1, 0.15) is 18.4 Å². The number of carbonyl (C=O) groups excluding carboxylic acids is 1. The molecule has 0 aromatic heterocycles. The van der Waals surface area contributed by atoms with Crippen molar-refractivity contribution in [1.29, 1.82) is 0 Å². The molecule has 5 nitrogen and oxygen atoms in total. The molecule has 1 aromatic rings.